The molecule has 2 rings (SSSR count). The molecule has 0 bridgehead atoms. The Kier molecular flexibility index (Phi) is 5.21. The molecule has 19 heavy (non-hydrogen) atoms. The van der Waals surface area contributed by atoms with E-state index in [-0.39, 0.29) is 17.8 Å². The van der Waals surface area contributed by atoms with E-state index in [4.69, 9.17) is 9.84 Å². The minimum absolute atomic E-state index is 0.0381. The van der Waals surface area contributed by atoms with Gasteiger partial charge in [-0.25, -0.2) is 0 Å². The van der Waals surface area contributed by atoms with E-state index in [0.29, 0.717) is 17.6 Å². The summed E-state index contributed by atoms with van der Waals surface area (Å²) in [6.45, 7) is 3.06. The number of phenols is 1. The number of para-hydroxylation sites is 1. The molecule has 0 radical (unpaired) electrons. The van der Waals surface area contributed by atoms with E-state index >= 15 is 0 Å². The Bertz CT molecular complexity index is 419. The number of hydrogen-bond acceptors (Lipinski definition) is 4. The minimum Gasteiger partial charge on any atom is -0.506 e. The first-order valence-corrected chi connectivity index (χ1v) is 7.32. The highest BCUT2D eigenvalue weighted by Gasteiger charge is 2.33. The van der Waals surface area contributed by atoms with Crippen molar-refractivity contribution in [1.29, 1.82) is 0 Å². The van der Waals surface area contributed by atoms with Gasteiger partial charge in [0, 0.05) is 37.3 Å². The molecule has 1 aromatic carbocycles. The van der Waals surface area contributed by atoms with Crippen LogP contribution in [0.5, 0.6) is 5.75 Å². The lowest BCUT2D eigenvalue weighted by molar-refractivity contribution is 0.124. The smallest absolute Gasteiger partial charge is 0.134 e. The lowest BCUT2D eigenvalue weighted by Crippen LogP contribution is -2.35. The fraction of sp³-hybridized carbons (Fsp3) is 0.571. The molecule has 1 aliphatic heterocycles. The summed E-state index contributed by atoms with van der Waals surface area (Å²) in [4.78, 5) is 0. The number of aliphatic hydroxyl groups excluding tert-OH is 1. The summed E-state index contributed by atoms with van der Waals surface area (Å²) in [7, 11) is 0. The van der Waals surface area contributed by atoms with Gasteiger partial charge in [0.1, 0.15) is 5.75 Å². The van der Waals surface area contributed by atoms with E-state index in [0.717, 1.165) is 31.6 Å². The molecule has 106 valence electrons. The molecule has 5 heteroatoms. The van der Waals surface area contributed by atoms with Gasteiger partial charge in [0.25, 0.3) is 0 Å². The zero-order valence-corrected chi connectivity index (χ0v) is 12.4. The summed E-state index contributed by atoms with van der Waals surface area (Å²) in [5.41, 5.74) is 0.906. The van der Waals surface area contributed by atoms with Crippen molar-refractivity contribution in [3.8, 4) is 5.75 Å². The molecule has 3 N–H and O–H groups in total. The summed E-state index contributed by atoms with van der Waals surface area (Å²) in [5.74, 6) is 0.286. The maximum atomic E-state index is 9.91. The second-order valence-electron chi connectivity index (χ2n) is 5.13. The fourth-order valence-electron chi connectivity index (χ4n) is 2.48. The molecule has 1 aromatic rings. The van der Waals surface area contributed by atoms with Gasteiger partial charge in [-0.2, -0.15) is 0 Å². The van der Waals surface area contributed by atoms with Gasteiger partial charge in [-0.1, -0.05) is 12.1 Å². The standard InChI is InChI=1S/C14H20BrNO3/c15-12-3-1-2-11(13(12)18)8-16-9-14(4-6-17)5-7-19-10-14/h1-3,16-18H,4-10H2. The maximum Gasteiger partial charge on any atom is 0.134 e. The topological polar surface area (TPSA) is 61.7 Å². The van der Waals surface area contributed by atoms with Crippen LogP contribution in [0.2, 0.25) is 0 Å². The quantitative estimate of drug-likeness (QED) is 0.747. The zero-order chi connectivity index (χ0) is 13.7. The first-order valence-electron chi connectivity index (χ1n) is 6.53. The van der Waals surface area contributed by atoms with E-state index in [1.807, 2.05) is 18.2 Å². The third kappa shape index (κ3) is 3.69. The van der Waals surface area contributed by atoms with Gasteiger partial charge in [-0.15, -0.1) is 0 Å². The van der Waals surface area contributed by atoms with E-state index in [1.54, 1.807) is 0 Å². The minimum atomic E-state index is 0.0381. The van der Waals surface area contributed by atoms with Crippen LogP contribution in [-0.4, -0.2) is 36.6 Å². The largest absolute Gasteiger partial charge is 0.506 e. The number of benzene rings is 1. The van der Waals surface area contributed by atoms with E-state index in [1.165, 1.54) is 0 Å². The second kappa shape index (κ2) is 6.70. The molecule has 0 aromatic heterocycles. The molecule has 4 nitrogen and oxygen atoms in total. The number of rotatable bonds is 6. The lowest BCUT2D eigenvalue weighted by atomic mass is 9.84. The van der Waals surface area contributed by atoms with E-state index in [2.05, 4.69) is 21.2 Å². The maximum absolute atomic E-state index is 9.91. The Morgan fingerprint density at radius 1 is 1.42 bits per heavy atom. The first-order chi connectivity index (χ1) is 9.17. The van der Waals surface area contributed by atoms with Crippen molar-refractivity contribution in [2.75, 3.05) is 26.4 Å². The van der Waals surface area contributed by atoms with Crippen LogP contribution < -0.4 is 5.32 Å². The second-order valence-corrected chi connectivity index (χ2v) is 5.98. The van der Waals surface area contributed by atoms with Crippen LogP contribution in [0.3, 0.4) is 0 Å². The van der Waals surface area contributed by atoms with Crippen LogP contribution in [0.4, 0.5) is 0 Å². The molecule has 0 saturated carbocycles. The first kappa shape index (κ1) is 14.8. The highest BCUT2D eigenvalue weighted by atomic mass is 79.9. The lowest BCUT2D eigenvalue weighted by Gasteiger charge is -2.27. The number of ether oxygens (including phenoxy) is 1. The number of hydrogen-bond donors (Lipinski definition) is 3. The van der Waals surface area contributed by atoms with Crippen LogP contribution >= 0.6 is 15.9 Å². The Morgan fingerprint density at radius 3 is 2.95 bits per heavy atom. The molecule has 1 atom stereocenters. The summed E-state index contributed by atoms with van der Waals surface area (Å²) < 4.78 is 6.16. The number of phenolic OH excluding ortho intramolecular Hbond substituents is 1. The number of aliphatic hydroxyl groups is 1. The number of nitrogens with one attached hydrogen (secondary N) is 1. The molecular weight excluding hydrogens is 310 g/mol. The van der Waals surface area contributed by atoms with Gasteiger partial charge in [-0.3, -0.25) is 0 Å². The van der Waals surface area contributed by atoms with E-state index in [9.17, 15) is 5.11 Å². The fourth-order valence-corrected chi connectivity index (χ4v) is 2.88. The monoisotopic (exact) mass is 329 g/mol. The van der Waals surface area contributed by atoms with Crippen molar-refractivity contribution in [3.05, 3.63) is 28.2 Å². The molecule has 1 fully saturated rings. The van der Waals surface area contributed by atoms with Crippen molar-refractivity contribution in [1.82, 2.24) is 5.32 Å². The van der Waals surface area contributed by atoms with Crippen LogP contribution in [0.25, 0.3) is 0 Å². The SMILES string of the molecule is OCCC1(CNCc2cccc(Br)c2O)CCOC1. The molecule has 0 amide bonds. The zero-order valence-electron chi connectivity index (χ0n) is 10.9. The normalized spacial score (nSPS) is 22.8. The molecule has 1 unspecified atom stereocenters. The Morgan fingerprint density at radius 2 is 2.26 bits per heavy atom. The number of halogens is 1. The van der Waals surface area contributed by atoms with Gasteiger partial charge >= 0.3 is 0 Å². The predicted octanol–water partition coefficient (Wildman–Crippen LogP) is 2.03. The molecule has 0 aliphatic carbocycles. The van der Waals surface area contributed by atoms with Crippen molar-refractivity contribution >= 4 is 15.9 Å². The van der Waals surface area contributed by atoms with Gasteiger partial charge < -0.3 is 20.3 Å². The van der Waals surface area contributed by atoms with Crippen molar-refractivity contribution in [2.45, 2.75) is 19.4 Å². The molecule has 0 spiro atoms. The molecule has 1 saturated heterocycles. The van der Waals surface area contributed by atoms with Crippen LogP contribution in [0, 0.1) is 5.41 Å². The van der Waals surface area contributed by atoms with E-state index < -0.39 is 0 Å². The summed E-state index contributed by atoms with van der Waals surface area (Å²) in [6, 6.07) is 5.62. The Balaban J connectivity index is 1.90. The highest BCUT2D eigenvalue weighted by molar-refractivity contribution is 9.10. The van der Waals surface area contributed by atoms with Crippen molar-refractivity contribution in [2.24, 2.45) is 5.41 Å². The van der Waals surface area contributed by atoms with Crippen LogP contribution in [-0.2, 0) is 11.3 Å². The Hall–Kier alpha value is -0.620. The average Bonchev–Trinajstić information content (AvgIpc) is 2.84. The van der Waals surface area contributed by atoms with Crippen LogP contribution in [0.1, 0.15) is 18.4 Å². The van der Waals surface area contributed by atoms with Gasteiger partial charge in [-0.05, 0) is 34.8 Å². The van der Waals surface area contributed by atoms with Crippen molar-refractivity contribution in [3.63, 3.8) is 0 Å². The average molecular weight is 330 g/mol. The third-order valence-corrected chi connectivity index (χ3v) is 4.35. The van der Waals surface area contributed by atoms with Crippen molar-refractivity contribution < 1.29 is 14.9 Å². The third-order valence-electron chi connectivity index (χ3n) is 3.71. The highest BCUT2D eigenvalue weighted by Crippen LogP contribution is 2.32. The van der Waals surface area contributed by atoms with Gasteiger partial charge in [0.15, 0.2) is 0 Å². The Labute approximate surface area is 121 Å². The summed E-state index contributed by atoms with van der Waals surface area (Å²) >= 11 is 3.31. The molecular formula is C14H20BrNO3. The summed E-state index contributed by atoms with van der Waals surface area (Å²) in [6.07, 6.45) is 1.73. The van der Waals surface area contributed by atoms with Gasteiger partial charge in [0.2, 0.25) is 0 Å². The molecule has 1 heterocycles. The predicted molar refractivity (Wildman–Crippen MR) is 77.1 cm³/mol. The van der Waals surface area contributed by atoms with Gasteiger partial charge in [0.05, 0.1) is 11.1 Å². The van der Waals surface area contributed by atoms with Crippen LogP contribution in [0.15, 0.2) is 22.7 Å². The molecule has 1 aliphatic rings. The summed E-state index contributed by atoms with van der Waals surface area (Å²) in [5, 5.41) is 22.4. The number of aromatic hydroxyl groups is 1.